The van der Waals surface area contributed by atoms with Gasteiger partial charge in [0, 0.05) is 10.2 Å². The molecule has 1 atom stereocenters. The Bertz CT molecular complexity index is 350. The Hall–Kier alpha value is -0.500. The number of methoxy groups -OCH3 is 1. The van der Waals surface area contributed by atoms with Crippen molar-refractivity contribution in [3.8, 4) is 5.75 Å². The van der Waals surface area contributed by atoms with Gasteiger partial charge in [-0.2, -0.15) is 0 Å². The molecule has 0 spiro atoms. The summed E-state index contributed by atoms with van der Waals surface area (Å²) in [6.07, 6.45) is 6.68. The summed E-state index contributed by atoms with van der Waals surface area (Å²) in [4.78, 5) is 0.531. The van der Waals surface area contributed by atoms with E-state index in [9.17, 15) is 0 Å². The first-order valence-corrected chi connectivity index (χ1v) is 7.39. The van der Waals surface area contributed by atoms with E-state index in [0.717, 1.165) is 5.75 Å². The minimum Gasteiger partial charge on any atom is -0.497 e. The zero-order chi connectivity index (χ0) is 12.3. The highest BCUT2D eigenvalue weighted by atomic mass is 79.9. The molecule has 0 radical (unpaired) electrons. The zero-order valence-electron chi connectivity index (χ0n) is 10.7. The summed E-state index contributed by atoms with van der Waals surface area (Å²) >= 11 is 3.83. The van der Waals surface area contributed by atoms with Gasteiger partial charge in [0.1, 0.15) is 5.75 Å². The van der Waals surface area contributed by atoms with Crippen LogP contribution in [0.1, 0.15) is 44.6 Å². The van der Waals surface area contributed by atoms with Crippen LogP contribution < -0.4 is 4.74 Å². The van der Waals surface area contributed by atoms with E-state index in [2.05, 4.69) is 47.1 Å². The van der Waals surface area contributed by atoms with E-state index in [1.165, 1.54) is 37.7 Å². The van der Waals surface area contributed by atoms with E-state index in [4.69, 9.17) is 4.74 Å². The molecule has 0 saturated heterocycles. The molecular weight excluding hydrogens is 276 g/mol. The second-order valence-electron chi connectivity index (χ2n) is 5.06. The molecule has 0 aromatic heterocycles. The fourth-order valence-corrected chi connectivity index (χ4v) is 3.74. The van der Waals surface area contributed by atoms with E-state index >= 15 is 0 Å². The van der Waals surface area contributed by atoms with Gasteiger partial charge in [-0.15, -0.1) is 0 Å². The van der Waals surface area contributed by atoms with Crippen molar-refractivity contribution >= 4 is 15.9 Å². The summed E-state index contributed by atoms with van der Waals surface area (Å²) < 4.78 is 5.24. The molecule has 1 aromatic carbocycles. The lowest BCUT2D eigenvalue weighted by molar-refractivity contribution is 0.293. The average Bonchev–Trinajstić information content (AvgIpc) is 2.39. The lowest BCUT2D eigenvalue weighted by Gasteiger charge is -2.40. The Balaban J connectivity index is 2.31. The van der Waals surface area contributed by atoms with Crippen LogP contribution in [0.4, 0.5) is 0 Å². The largest absolute Gasteiger partial charge is 0.497 e. The van der Waals surface area contributed by atoms with Crippen molar-refractivity contribution in [2.75, 3.05) is 7.11 Å². The fourth-order valence-electron chi connectivity index (χ4n) is 3.02. The molecule has 0 N–H and O–H groups in total. The van der Waals surface area contributed by atoms with Gasteiger partial charge < -0.3 is 4.74 Å². The molecule has 94 valence electrons. The highest BCUT2D eigenvalue weighted by molar-refractivity contribution is 9.09. The summed E-state index contributed by atoms with van der Waals surface area (Å²) in [6.45, 7) is 2.29. The SMILES string of the molecule is COc1ccc(C2(C(C)Br)CCCCC2)cc1. The topological polar surface area (TPSA) is 9.23 Å². The maximum Gasteiger partial charge on any atom is 0.118 e. The van der Waals surface area contributed by atoms with Crippen LogP contribution in [-0.2, 0) is 5.41 Å². The quantitative estimate of drug-likeness (QED) is 0.736. The fraction of sp³-hybridized carbons (Fsp3) is 0.600. The predicted octanol–water partition coefficient (Wildman–Crippen LogP) is 4.68. The minimum atomic E-state index is 0.324. The maximum atomic E-state index is 5.24. The van der Waals surface area contributed by atoms with Crippen LogP contribution in [0, 0.1) is 0 Å². The summed E-state index contributed by atoms with van der Waals surface area (Å²) in [5.74, 6) is 0.946. The molecule has 0 amide bonds. The molecule has 0 aliphatic heterocycles. The lowest BCUT2D eigenvalue weighted by Crippen LogP contribution is -2.36. The monoisotopic (exact) mass is 296 g/mol. The molecular formula is C15H21BrO. The standard InChI is InChI=1S/C15H21BrO/c1-12(16)15(10-4-3-5-11-15)13-6-8-14(17-2)9-7-13/h6-9,12H,3-5,10-11H2,1-2H3. The molecule has 0 bridgehead atoms. The Kier molecular flexibility index (Phi) is 4.13. The van der Waals surface area contributed by atoms with Crippen molar-refractivity contribution in [1.82, 2.24) is 0 Å². The molecule has 2 rings (SSSR count). The number of hydrogen-bond acceptors (Lipinski definition) is 1. The van der Waals surface area contributed by atoms with Crippen molar-refractivity contribution in [1.29, 1.82) is 0 Å². The predicted molar refractivity (Wildman–Crippen MR) is 76.1 cm³/mol. The Labute approximate surface area is 113 Å². The summed E-state index contributed by atoms with van der Waals surface area (Å²) in [5.41, 5.74) is 1.78. The molecule has 0 heterocycles. The third kappa shape index (κ3) is 2.52. The molecule has 17 heavy (non-hydrogen) atoms. The van der Waals surface area contributed by atoms with Crippen LogP contribution >= 0.6 is 15.9 Å². The van der Waals surface area contributed by atoms with Crippen LogP contribution in [0.15, 0.2) is 24.3 Å². The van der Waals surface area contributed by atoms with Gasteiger partial charge in [-0.05, 0) is 30.5 Å². The second-order valence-corrected chi connectivity index (χ2v) is 6.43. The highest BCUT2D eigenvalue weighted by Gasteiger charge is 2.37. The smallest absolute Gasteiger partial charge is 0.118 e. The summed E-state index contributed by atoms with van der Waals surface area (Å²) in [7, 11) is 1.72. The maximum absolute atomic E-state index is 5.24. The lowest BCUT2D eigenvalue weighted by atomic mass is 9.68. The first-order chi connectivity index (χ1) is 8.19. The van der Waals surface area contributed by atoms with Gasteiger partial charge in [-0.1, -0.05) is 54.2 Å². The Morgan fingerprint density at radius 2 is 1.71 bits per heavy atom. The molecule has 1 fully saturated rings. The van der Waals surface area contributed by atoms with E-state index in [1.54, 1.807) is 7.11 Å². The van der Waals surface area contributed by atoms with E-state index in [-0.39, 0.29) is 0 Å². The zero-order valence-corrected chi connectivity index (χ0v) is 12.3. The highest BCUT2D eigenvalue weighted by Crippen LogP contribution is 2.45. The molecule has 1 aliphatic rings. The van der Waals surface area contributed by atoms with Crippen LogP contribution in [-0.4, -0.2) is 11.9 Å². The number of alkyl halides is 1. The number of ether oxygens (including phenoxy) is 1. The number of rotatable bonds is 3. The average molecular weight is 297 g/mol. The van der Waals surface area contributed by atoms with E-state index in [0.29, 0.717) is 10.2 Å². The van der Waals surface area contributed by atoms with Crippen LogP contribution in [0.25, 0.3) is 0 Å². The van der Waals surface area contributed by atoms with E-state index < -0.39 is 0 Å². The van der Waals surface area contributed by atoms with Crippen LogP contribution in [0.5, 0.6) is 5.75 Å². The Morgan fingerprint density at radius 3 is 2.18 bits per heavy atom. The van der Waals surface area contributed by atoms with Gasteiger partial charge in [0.05, 0.1) is 7.11 Å². The number of halogens is 1. The van der Waals surface area contributed by atoms with Gasteiger partial charge in [-0.25, -0.2) is 0 Å². The van der Waals surface area contributed by atoms with Crippen molar-refractivity contribution in [2.24, 2.45) is 0 Å². The van der Waals surface area contributed by atoms with Gasteiger partial charge in [0.25, 0.3) is 0 Å². The van der Waals surface area contributed by atoms with Crippen molar-refractivity contribution in [3.05, 3.63) is 29.8 Å². The summed E-state index contributed by atoms with van der Waals surface area (Å²) in [6, 6.07) is 8.64. The molecule has 1 aromatic rings. The van der Waals surface area contributed by atoms with Gasteiger partial charge >= 0.3 is 0 Å². The molecule has 1 nitrogen and oxygen atoms in total. The molecule has 1 saturated carbocycles. The number of hydrogen-bond donors (Lipinski definition) is 0. The first kappa shape index (κ1) is 12.9. The third-order valence-electron chi connectivity index (χ3n) is 4.17. The van der Waals surface area contributed by atoms with Crippen LogP contribution in [0.3, 0.4) is 0 Å². The molecule has 2 heteroatoms. The summed E-state index contributed by atoms with van der Waals surface area (Å²) in [5, 5.41) is 0. The van der Waals surface area contributed by atoms with Crippen LogP contribution in [0.2, 0.25) is 0 Å². The van der Waals surface area contributed by atoms with E-state index in [1.807, 2.05) is 0 Å². The third-order valence-corrected chi connectivity index (χ3v) is 5.05. The second kappa shape index (κ2) is 5.43. The number of benzene rings is 1. The van der Waals surface area contributed by atoms with Gasteiger partial charge in [-0.3, -0.25) is 0 Å². The van der Waals surface area contributed by atoms with Gasteiger partial charge in [0.15, 0.2) is 0 Å². The van der Waals surface area contributed by atoms with Crippen molar-refractivity contribution in [3.63, 3.8) is 0 Å². The van der Waals surface area contributed by atoms with Crippen molar-refractivity contribution < 1.29 is 4.74 Å². The molecule has 1 unspecified atom stereocenters. The minimum absolute atomic E-state index is 0.324. The Morgan fingerprint density at radius 1 is 1.12 bits per heavy atom. The van der Waals surface area contributed by atoms with Gasteiger partial charge in [0.2, 0.25) is 0 Å². The normalized spacial score (nSPS) is 20.9. The molecule has 1 aliphatic carbocycles. The first-order valence-electron chi connectivity index (χ1n) is 6.48. The van der Waals surface area contributed by atoms with Crippen molar-refractivity contribution in [2.45, 2.75) is 49.3 Å².